The van der Waals surface area contributed by atoms with Gasteiger partial charge >= 0.3 is 5.97 Å². The van der Waals surface area contributed by atoms with E-state index in [-0.39, 0.29) is 5.69 Å². The van der Waals surface area contributed by atoms with Gasteiger partial charge in [-0.15, -0.1) is 0 Å². The molecule has 0 aliphatic rings. The lowest BCUT2D eigenvalue weighted by molar-refractivity contribution is -0.384. The smallest absolute Gasteiger partial charge is 0.309 e. The second-order valence-electron chi connectivity index (χ2n) is 4.72. The van der Waals surface area contributed by atoms with Crippen molar-refractivity contribution in [2.75, 3.05) is 0 Å². The standard InChI is InChI=1S/C13H17NO4/c1-3-8-13(2,12(15)16)9-10-4-6-11(7-5-10)14(17)18/h4-7H,3,8-9H2,1-2H3,(H,15,16). The minimum atomic E-state index is -0.831. The summed E-state index contributed by atoms with van der Waals surface area (Å²) in [6.45, 7) is 3.65. The Morgan fingerprint density at radius 2 is 1.94 bits per heavy atom. The molecule has 0 aromatic heterocycles. The molecule has 0 saturated heterocycles. The summed E-state index contributed by atoms with van der Waals surface area (Å²) >= 11 is 0. The predicted octanol–water partition coefficient (Wildman–Crippen LogP) is 3.03. The summed E-state index contributed by atoms with van der Waals surface area (Å²) in [5.74, 6) is -0.831. The van der Waals surface area contributed by atoms with Crippen molar-refractivity contribution in [3.05, 3.63) is 39.9 Å². The highest BCUT2D eigenvalue weighted by molar-refractivity contribution is 5.74. The molecule has 1 aromatic carbocycles. The third-order valence-electron chi connectivity index (χ3n) is 3.06. The van der Waals surface area contributed by atoms with Crippen LogP contribution in [0.15, 0.2) is 24.3 Å². The summed E-state index contributed by atoms with van der Waals surface area (Å²) in [5.41, 5.74) is 0.00968. The zero-order valence-corrected chi connectivity index (χ0v) is 10.5. The fourth-order valence-electron chi connectivity index (χ4n) is 2.01. The first-order chi connectivity index (χ1) is 8.39. The SMILES string of the molecule is CCCC(C)(Cc1ccc([N+](=O)[O-])cc1)C(=O)O. The average molecular weight is 251 g/mol. The number of nitrogens with zero attached hydrogens (tertiary/aromatic N) is 1. The first-order valence-electron chi connectivity index (χ1n) is 5.86. The molecule has 0 aliphatic carbocycles. The van der Waals surface area contributed by atoms with E-state index in [1.54, 1.807) is 19.1 Å². The van der Waals surface area contributed by atoms with Gasteiger partial charge in [-0.05, 0) is 25.3 Å². The molecule has 1 N–H and O–H groups in total. The second kappa shape index (κ2) is 5.62. The van der Waals surface area contributed by atoms with E-state index in [0.717, 1.165) is 12.0 Å². The van der Waals surface area contributed by atoms with Gasteiger partial charge in [0, 0.05) is 12.1 Å². The van der Waals surface area contributed by atoms with E-state index in [0.29, 0.717) is 12.8 Å². The number of hydrogen-bond acceptors (Lipinski definition) is 3. The molecule has 1 rings (SSSR count). The molecule has 98 valence electrons. The molecule has 0 radical (unpaired) electrons. The Kier molecular flexibility index (Phi) is 4.42. The van der Waals surface area contributed by atoms with Crippen molar-refractivity contribution in [1.82, 2.24) is 0 Å². The van der Waals surface area contributed by atoms with Crippen molar-refractivity contribution in [1.29, 1.82) is 0 Å². The highest BCUT2D eigenvalue weighted by Crippen LogP contribution is 2.29. The van der Waals surface area contributed by atoms with Crippen LogP contribution in [0.4, 0.5) is 5.69 Å². The molecule has 0 aliphatic heterocycles. The third kappa shape index (κ3) is 3.29. The Bertz CT molecular complexity index is 441. The lowest BCUT2D eigenvalue weighted by Crippen LogP contribution is -2.29. The number of carbonyl (C=O) groups is 1. The van der Waals surface area contributed by atoms with E-state index in [4.69, 9.17) is 0 Å². The first-order valence-corrected chi connectivity index (χ1v) is 5.86. The highest BCUT2D eigenvalue weighted by Gasteiger charge is 2.32. The molecule has 0 bridgehead atoms. The number of carboxylic acids is 1. The van der Waals surface area contributed by atoms with Gasteiger partial charge in [0.05, 0.1) is 10.3 Å². The van der Waals surface area contributed by atoms with Gasteiger partial charge in [0.1, 0.15) is 0 Å². The summed E-state index contributed by atoms with van der Waals surface area (Å²) in [5, 5.41) is 19.8. The molecular formula is C13H17NO4. The highest BCUT2D eigenvalue weighted by atomic mass is 16.6. The topological polar surface area (TPSA) is 80.4 Å². The monoisotopic (exact) mass is 251 g/mol. The minimum absolute atomic E-state index is 0.0197. The summed E-state index contributed by atoms with van der Waals surface area (Å²) < 4.78 is 0. The molecule has 1 unspecified atom stereocenters. The van der Waals surface area contributed by atoms with Crippen LogP contribution in [-0.4, -0.2) is 16.0 Å². The van der Waals surface area contributed by atoms with Crippen molar-refractivity contribution in [2.45, 2.75) is 33.1 Å². The molecule has 5 nitrogen and oxygen atoms in total. The Balaban J connectivity index is 2.88. The molecule has 18 heavy (non-hydrogen) atoms. The van der Waals surface area contributed by atoms with Crippen LogP contribution >= 0.6 is 0 Å². The quantitative estimate of drug-likeness (QED) is 0.622. The number of nitro benzene ring substituents is 1. The van der Waals surface area contributed by atoms with Gasteiger partial charge in [0.25, 0.3) is 5.69 Å². The van der Waals surface area contributed by atoms with E-state index in [1.165, 1.54) is 12.1 Å². The van der Waals surface area contributed by atoms with Crippen molar-refractivity contribution < 1.29 is 14.8 Å². The van der Waals surface area contributed by atoms with Crippen LogP contribution in [0, 0.1) is 15.5 Å². The molecule has 0 amide bonds. The van der Waals surface area contributed by atoms with Crippen LogP contribution < -0.4 is 0 Å². The average Bonchev–Trinajstić information content (AvgIpc) is 2.29. The number of hydrogen-bond donors (Lipinski definition) is 1. The maximum absolute atomic E-state index is 11.3. The van der Waals surface area contributed by atoms with E-state index in [2.05, 4.69) is 0 Å². The molecule has 0 fully saturated rings. The zero-order chi connectivity index (χ0) is 13.8. The zero-order valence-electron chi connectivity index (χ0n) is 10.5. The number of aliphatic carboxylic acids is 1. The number of rotatable bonds is 6. The van der Waals surface area contributed by atoms with Gasteiger partial charge in [-0.25, -0.2) is 0 Å². The van der Waals surface area contributed by atoms with Crippen LogP contribution in [0.5, 0.6) is 0 Å². The largest absolute Gasteiger partial charge is 0.481 e. The molecule has 0 saturated carbocycles. The predicted molar refractivity (Wildman–Crippen MR) is 67.5 cm³/mol. The molecule has 0 spiro atoms. The maximum atomic E-state index is 11.3. The summed E-state index contributed by atoms with van der Waals surface area (Å²) in [6, 6.07) is 6.05. The van der Waals surface area contributed by atoms with Gasteiger partial charge in [0.15, 0.2) is 0 Å². The lowest BCUT2D eigenvalue weighted by Gasteiger charge is -2.24. The minimum Gasteiger partial charge on any atom is -0.481 e. The number of benzene rings is 1. The fourth-order valence-corrected chi connectivity index (χ4v) is 2.01. The van der Waals surface area contributed by atoms with Gasteiger partial charge in [0.2, 0.25) is 0 Å². The molecule has 1 aromatic rings. The number of carboxylic acid groups (broad SMARTS) is 1. The van der Waals surface area contributed by atoms with E-state index in [9.17, 15) is 20.0 Å². The van der Waals surface area contributed by atoms with Crippen LogP contribution in [0.1, 0.15) is 32.3 Å². The van der Waals surface area contributed by atoms with Crippen molar-refractivity contribution in [3.63, 3.8) is 0 Å². The molecule has 5 heteroatoms. The second-order valence-corrected chi connectivity index (χ2v) is 4.72. The normalized spacial score (nSPS) is 13.9. The Morgan fingerprint density at radius 1 is 1.39 bits per heavy atom. The van der Waals surface area contributed by atoms with Crippen LogP contribution in [0.25, 0.3) is 0 Å². The summed E-state index contributed by atoms with van der Waals surface area (Å²) in [4.78, 5) is 21.3. The Hall–Kier alpha value is -1.91. The molecular weight excluding hydrogens is 234 g/mol. The first kappa shape index (κ1) is 14.2. The molecule has 1 atom stereocenters. The summed E-state index contributed by atoms with van der Waals surface area (Å²) in [6.07, 6.45) is 1.75. The van der Waals surface area contributed by atoms with Crippen molar-refractivity contribution >= 4 is 11.7 Å². The van der Waals surface area contributed by atoms with Crippen molar-refractivity contribution in [2.24, 2.45) is 5.41 Å². The maximum Gasteiger partial charge on any atom is 0.309 e. The van der Waals surface area contributed by atoms with Crippen LogP contribution in [0.3, 0.4) is 0 Å². The van der Waals surface area contributed by atoms with Crippen LogP contribution in [-0.2, 0) is 11.2 Å². The van der Waals surface area contributed by atoms with E-state index < -0.39 is 16.3 Å². The van der Waals surface area contributed by atoms with Gasteiger partial charge in [-0.3, -0.25) is 14.9 Å². The van der Waals surface area contributed by atoms with E-state index >= 15 is 0 Å². The van der Waals surface area contributed by atoms with Crippen molar-refractivity contribution in [3.8, 4) is 0 Å². The van der Waals surface area contributed by atoms with Gasteiger partial charge in [-0.1, -0.05) is 25.5 Å². The third-order valence-corrected chi connectivity index (χ3v) is 3.06. The Labute approximate surface area is 106 Å². The Morgan fingerprint density at radius 3 is 2.33 bits per heavy atom. The van der Waals surface area contributed by atoms with Gasteiger partial charge in [-0.2, -0.15) is 0 Å². The fraction of sp³-hybridized carbons (Fsp3) is 0.462. The molecule has 0 heterocycles. The van der Waals surface area contributed by atoms with Crippen LogP contribution in [0.2, 0.25) is 0 Å². The number of non-ortho nitro benzene ring substituents is 1. The van der Waals surface area contributed by atoms with E-state index in [1.807, 2.05) is 6.92 Å². The van der Waals surface area contributed by atoms with Gasteiger partial charge < -0.3 is 5.11 Å². The lowest BCUT2D eigenvalue weighted by atomic mass is 9.80. The number of nitro groups is 1. The summed E-state index contributed by atoms with van der Waals surface area (Å²) in [7, 11) is 0.